The topological polar surface area (TPSA) is 58.6 Å². The molecular weight excluding hydrogens is 348 g/mol. The molecule has 1 atom stereocenters. The van der Waals surface area contributed by atoms with Crippen molar-refractivity contribution in [3.05, 3.63) is 28.2 Å². The van der Waals surface area contributed by atoms with Gasteiger partial charge in [-0.25, -0.2) is 0 Å². The molecule has 2 aliphatic rings. The van der Waals surface area contributed by atoms with Crippen LogP contribution in [-0.2, 0) is 4.79 Å². The second-order valence-electron chi connectivity index (χ2n) is 5.79. The van der Waals surface area contributed by atoms with Crippen molar-refractivity contribution in [1.82, 2.24) is 10.2 Å². The third kappa shape index (κ3) is 3.11. The lowest BCUT2D eigenvalue weighted by molar-refractivity contribution is -0.125. The Morgan fingerprint density at radius 2 is 2.09 bits per heavy atom. The van der Waals surface area contributed by atoms with Gasteiger partial charge in [0.15, 0.2) is 0 Å². The summed E-state index contributed by atoms with van der Waals surface area (Å²) in [5, 5.41) is 3.00. The Hall–Kier alpha value is -1.56. The number of methoxy groups -OCH3 is 1. The number of halogens is 1. The molecule has 5 nitrogen and oxygen atoms in total. The van der Waals surface area contributed by atoms with Crippen LogP contribution >= 0.6 is 15.9 Å². The molecule has 22 heavy (non-hydrogen) atoms. The summed E-state index contributed by atoms with van der Waals surface area (Å²) in [6, 6.07) is 5.25. The van der Waals surface area contributed by atoms with E-state index in [-0.39, 0.29) is 17.9 Å². The monoisotopic (exact) mass is 366 g/mol. The van der Waals surface area contributed by atoms with E-state index in [9.17, 15) is 9.59 Å². The van der Waals surface area contributed by atoms with Gasteiger partial charge in [0.05, 0.1) is 12.7 Å². The standard InChI is InChI=1S/C16H19BrN2O3/c1-22-11-6-7-13(17)12(9-11)16(21)19-8-2-3-14(19)15(20)18-10-4-5-10/h6-7,9-10,14H,2-5,8H2,1H3,(H,18,20)/t14-/m0/s1. The van der Waals surface area contributed by atoms with Gasteiger partial charge in [-0.3, -0.25) is 9.59 Å². The molecule has 0 spiro atoms. The number of rotatable bonds is 4. The summed E-state index contributed by atoms with van der Waals surface area (Å²) in [4.78, 5) is 26.8. The van der Waals surface area contributed by atoms with Crippen LogP contribution < -0.4 is 10.1 Å². The number of hydrogen-bond donors (Lipinski definition) is 1. The lowest BCUT2D eigenvalue weighted by Crippen LogP contribution is -2.46. The highest BCUT2D eigenvalue weighted by atomic mass is 79.9. The summed E-state index contributed by atoms with van der Waals surface area (Å²) in [7, 11) is 1.57. The maximum absolute atomic E-state index is 12.8. The predicted octanol–water partition coefficient (Wildman–Crippen LogP) is 2.34. The number of nitrogens with zero attached hydrogens (tertiary/aromatic N) is 1. The number of carbonyl (C=O) groups excluding carboxylic acids is 2. The quantitative estimate of drug-likeness (QED) is 0.889. The zero-order valence-corrected chi connectivity index (χ0v) is 14.1. The highest BCUT2D eigenvalue weighted by Crippen LogP contribution is 2.28. The Morgan fingerprint density at radius 1 is 1.32 bits per heavy atom. The Balaban J connectivity index is 1.79. The number of likely N-dealkylation sites (tertiary alicyclic amines) is 1. The minimum atomic E-state index is -0.355. The lowest BCUT2D eigenvalue weighted by Gasteiger charge is -2.24. The van der Waals surface area contributed by atoms with Crippen molar-refractivity contribution >= 4 is 27.7 Å². The van der Waals surface area contributed by atoms with E-state index in [2.05, 4.69) is 21.2 Å². The molecule has 1 N–H and O–H groups in total. The Kier molecular flexibility index (Phi) is 4.38. The Bertz CT molecular complexity index is 601. The van der Waals surface area contributed by atoms with Crippen LogP contribution in [0.5, 0.6) is 5.75 Å². The van der Waals surface area contributed by atoms with Crippen LogP contribution in [0.2, 0.25) is 0 Å². The highest BCUT2D eigenvalue weighted by molar-refractivity contribution is 9.10. The molecule has 0 radical (unpaired) electrons. The average Bonchev–Trinajstić information content (AvgIpc) is 3.19. The van der Waals surface area contributed by atoms with Crippen molar-refractivity contribution in [2.45, 2.75) is 37.8 Å². The Labute approximate surface area is 138 Å². The van der Waals surface area contributed by atoms with Crippen molar-refractivity contribution in [2.75, 3.05) is 13.7 Å². The molecule has 1 aromatic rings. The van der Waals surface area contributed by atoms with E-state index in [1.165, 1.54) is 0 Å². The van der Waals surface area contributed by atoms with Gasteiger partial charge < -0.3 is 15.0 Å². The fourth-order valence-electron chi connectivity index (χ4n) is 2.76. The van der Waals surface area contributed by atoms with Crippen LogP contribution in [0.15, 0.2) is 22.7 Å². The number of amides is 2. The normalized spacial score (nSPS) is 20.8. The molecule has 1 aromatic carbocycles. The summed E-state index contributed by atoms with van der Waals surface area (Å²) in [5.74, 6) is 0.483. The highest BCUT2D eigenvalue weighted by Gasteiger charge is 2.37. The molecule has 3 rings (SSSR count). The third-order valence-corrected chi connectivity index (χ3v) is 4.84. The van der Waals surface area contributed by atoms with Crippen molar-refractivity contribution < 1.29 is 14.3 Å². The third-order valence-electron chi connectivity index (χ3n) is 4.14. The van der Waals surface area contributed by atoms with Gasteiger partial charge in [0.25, 0.3) is 5.91 Å². The van der Waals surface area contributed by atoms with Crippen LogP contribution in [0, 0.1) is 0 Å². The number of ether oxygens (including phenoxy) is 1. The van der Waals surface area contributed by atoms with Crippen LogP contribution in [0.25, 0.3) is 0 Å². The molecule has 2 fully saturated rings. The van der Waals surface area contributed by atoms with E-state index >= 15 is 0 Å². The van der Waals surface area contributed by atoms with Gasteiger partial charge in [-0.05, 0) is 59.8 Å². The zero-order chi connectivity index (χ0) is 15.7. The first-order valence-electron chi connectivity index (χ1n) is 7.55. The summed E-state index contributed by atoms with van der Waals surface area (Å²) in [6.45, 7) is 0.616. The van der Waals surface area contributed by atoms with Gasteiger partial charge in [0, 0.05) is 17.1 Å². The molecule has 1 aliphatic heterocycles. The zero-order valence-electron chi connectivity index (χ0n) is 12.5. The first kappa shape index (κ1) is 15.3. The van der Waals surface area contributed by atoms with Crippen molar-refractivity contribution in [3.63, 3.8) is 0 Å². The van der Waals surface area contributed by atoms with Crippen LogP contribution in [0.4, 0.5) is 0 Å². The van der Waals surface area contributed by atoms with Gasteiger partial charge in [0.2, 0.25) is 5.91 Å². The number of carbonyl (C=O) groups is 2. The molecule has 6 heteroatoms. The van der Waals surface area contributed by atoms with E-state index in [0.29, 0.717) is 28.4 Å². The molecule has 1 heterocycles. The van der Waals surface area contributed by atoms with E-state index in [0.717, 1.165) is 25.7 Å². The molecule has 2 amide bonds. The van der Waals surface area contributed by atoms with Crippen LogP contribution in [0.1, 0.15) is 36.0 Å². The van der Waals surface area contributed by atoms with Gasteiger partial charge in [-0.15, -0.1) is 0 Å². The minimum absolute atomic E-state index is 0.0210. The first-order chi connectivity index (χ1) is 10.6. The molecule has 0 unspecified atom stereocenters. The molecule has 1 saturated heterocycles. The molecule has 1 aliphatic carbocycles. The molecular formula is C16H19BrN2O3. The van der Waals surface area contributed by atoms with Crippen molar-refractivity contribution in [1.29, 1.82) is 0 Å². The minimum Gasteiger partial charge on any atom is -0.497 e. The second-order valence-corrected chi connectivity index (χ2v) is 6.64. The summed E-state index contributed by atoms with van der Waals surface area (Å²) >= 11 is 3.41. The number of nitrogens with one attached hydrogen (secondary N) is 1. The van der Waals surface area contributed by atoms with Crippen LogP contribution in [-0.4, -0.2) is 42.5 Å². The van der Waals surface area contributed by atoms with E-state index in [4.69, 9.17) is 4.74 Å². The van der Waals surface area contributed by atoms with Gasteiger partial charge in [0.1, 0.15) is 11.8 Å². The molecule has 0 bridgehead atoms. The van der Waals surface area contributed by atoms with Gasteiger partial charge in [-0.1, -0.05) is 0 Å². The van der Waals surface area contributed by atoms with Crippen molar-refractivity contribution in [2.24, 2.45) is 0 Å². The van der Waals surface area contributed by atoms with Gasteiger partial charge >= 0.3 is 0 Å². The summed E-state index contributed by atoms with van der Waals surface area (Å²) < 4.78 is 5.90. The Morgan fingerprint density at radius 3 is 2.77 bits per heavy atom. The fraction of sp³-hybridized carbons (Fsp3) is 0.500. The largest absolute Gasteiger partial charge is 0.497 e. The lowest BCUT2D eigenvalue weighted by atomic mass is 10.1. The van der Waals surface area contributed by atoms with Gasteiger partial charge in [-0.2, -0.15) is 0 Å². The summed E-state index contributed by atoms with van der Waals surface area (Å²) in [6.07, 6.45) is 3.68. The maximum atomic E-state index is 12.8. The molecule has 1 saturated carbocycles. The van der Waals surface area contributed by atoms with E-state index in [1.807, 2.05) is 0 Å². The van der Waals surface area contributed by atoms with Crippen LogP contribution in [0.3, 0.4) is 0 Å². The predicted molar refractivity (Wildman–Crippen MR) is 85.9 cm³/mol. The van der Waals surface area contributed by atoms with E-state index < -0.39 is 0 Å². The SMILES string of the molecule is COc1ccc(Br)c(C(=O)N2CCC[C@H]2C(=O)NC2CC2)c1. The fourth-order valence-corrected chi connectivity index (χ4v) is 3.17. The van der Waals surface area contributed by atoms with E-state index in [1.54, 1.807) is 30.2 Å². The maximum Gasteiger partial charge on any atom is 0.255 e. The number of benzene rings is 1. The smallest absolute Gasteiger partial charge is 0.255 e. The molecule has 118 valence electrons. The van der Waals surface area contributed by atoms with Crippen molar-refractivity contribution in [3.8, 4) is 5.75 Å². The summed E-state index contributed by atoms with van der Waals surface area (Å²) in [5.41, 5.74) is 0.533. The number of hydrogen-bond acceptors (Lipinski definition) is 3. The second kappa shape index (κ2) is 6.28. The first-order valence-corrected chi connectivity index (χ1v) is 8.34. The molecule has 0 aromatic heterocycles. The average molecular weight is 367 g/mol.